The van der Waals surface area contributed by atoms with Crippen molar-refractivity contribution in [1.29, 1.82) is 0 Å². The number of halogens is 1. The number of nitrogens with zero attached hydrogens (tertiary/aromatic N) is 2. The molecular formula is C14H18ClN3O. The van der Waals surface area contributed by atoms with Crippen LogP contribution in [0, 0.1) is 13.8 Å². The van der Waals surface area contributed by atoms with Crippen LogP contribution in [-0.4, -0.2) is 9.78 Å². The fourth-order valence-corrected chi connectivity index (χ4v) is 2.05. The van der Waals surface area contributed by atoms with Crippen molar-refractivity contribution in [3.8, 4) is 11.6 Å². The van der Waals surface area contributed by atoms with Crippen LogP contribution < -0.4 is 10.5 Å². The fourth-order valence-electron chi connectivity index (χ4n) is 1.82. The van der Waals surface area contributed by atoms with Crippen LogP contribution in [0.5, 0.6) is 11.6 Å². The second-order valence-electron chi connectivity index (χ2n) is 4.85. The van der Waals surface area contributed by atoms with E-state index in [1.165, 1.54) is 0 Å². The van der Waals surface area contributed by atoms with E-state index in [0.29, 0.717) is 16.6 Å². The number of hydrogen-bond donors (Lipinski definition) is 1. The minimum Gasteiger partial charge on any atom is -0.437 e. The summed E-state index contributed by atoms with van der Waals surface area (Å²) in [7, 11) is 0. The van der Waals surface area contributed by atoms with E-state index in [4.69, 9.17) is 22.1 Å². The molecule has 0 radical (unpaired) electrons. The molecule has 1 aromatic heterocycles. The van der Waals surface area contributed by atoms with E-state index < -0.39 is 0 Å². The van der Waals surface area contributed by atoms with E-state index in [2.05, 4.69) is 5.10 Å². The van der Waals surface area contributed by atoms with Gasteiger partial charge in [-0.2, -0.15) is 5.10 Å². The lowest BCUT2D eigenvalue weighted by molar-refractivity contribution is 0.388. The lowest BCUT2D eigenvalue weighted by Crippen LogP contribution is -2.06. The highest BCUT2D eigenvalue weighted by Crippen LogP contribution is 2.34. The number of anilines is 1. The monoisotopic (exact) mass is 279 g/mol. The Morgan fingerprint density at radius 2 is 2.00 bits per heavy atom. The molecule has 0 bridgehead atoms. The number of rotatable bonds is 3. The molecule has 19 heavy (non-hydrogen) atoms. The van der Waals surface area contributed by atoms with Gasteiger partial charge in [0.15, 0.2) is 0 Å². The molecule has 0 saturated heterocycles. The Morgan fingerprint density at radius 3 is 2.58 bits per heavy atom. The van der Waals surface area contributed by atoms with Crippen molar-refractivity contribution in [3.05, 3.63) is 34.5 Å². The molecule has 0 atom stereocenters. The predicted molar refractivity (Wildman–Crippen MR) is 78.0 cm³/mol. The summed E-state index contributed by atoms with van der Waals surface area (Å²) >= 11 is 5.94. The highest BCUT2D eigenvalue weighted by atomic mass is 35.5. The summed E-state index contributed by atoms with van der Waals surface area (Å²) < 4.78 is 7.72. The Hall–Kier alpha value is -1.68. The smallest absolute Gasteiger partial charge is 0.241 e. The van der Waals surface area contributed by atoms with Gasteiger partial charge >= 0.3 is 0 Å². The predicted octanol–water partition coefficient (Wildman–Crippen LogP) is 4.11. The zero-order valence-electron chi connectivity index (χ0n) is 11.6. The van der Waals surface area contributed by atoms with Gasteiger partial charge in [-0.1, -0.05) is 11.6 Å². The van der Waals surface area contributed by atoms with Gasteiger partial charge in [0.1, 0.15) is 11.4 Å². The zero-order chi connectivity index (χ0) is 14.2. The van der Waals surface area contributed by atoms with Crippen molar-refractivity contribution < 1.29 is 4.74 Å². The summed E-state index contributed by atoms with van der Waals surface area (Å²) in [5.41, 5.74) is 8.34. The topological polar surface area (TPSA) is 53.1 Å². The van der Waals surface area contributed by atoms with Gasteiger partial charge in [0, 0.05) is 5.02 Å². The summed E-state index contributed by atoms with van der Waals surface area (Å²) in [6.07, 6.45) is 0. The fraction of sp³-hybridized carbons (Fsp3) is 0.357. The summed E-state index contributed by atoms with van der Waals surface area (Å²) in [5, 5.41) is 5.08. The van der Waals surface area contributed by atoms with Crippen LogP contribution >= 0.6 is 11.6 Å². The maximum Gasteiger partial charge on any atom is 0.241 e. The van der Waals surface area contributed by atoms with E-state index in [1.54, 1.807) is 10.7 Å². The molecule has 4 nitrogen and oxygen atoms in total. The van der Waals surface area contributed by atoms with Crippen LogP contribution in [0.3, 0.4) is 0 Å². The van der Waals surface area contributed by atoms with Crippen LogP contribution in [0.1, 0.15) is 31.1 Å². The van der Waals surface area contributed by atoms with Gasteiger partial charge < -0.3 is 10.5 Å². The second-order valence-corrected chi connectivity index (χ2v) is 5.29. The molecule has 0 spiro atoms. The molecule has 102 valence electrons. The maximum absolute atomic E-state index is 6.03. The van der Waals surface area contributed by atoms with Gasteiger partial charge in [-0.05, 0) is 51.5 Å². The minimum atomic E-state index is 0.179. The Bertz CT molecular complexity index is 605. The van der Waals surface area contributed by atoms with Crippen LogP contribution in [0.2, 0.25) is 5.02 Å². The summed E-state index contributed by atoms with van der Waals surface area (Å²) in [5.74, 6) is 1.32. The first-order valence-corrected chi connectivity index (χ1v) is 6.56. The largest absolute Gasteiger partial charge is 0.437 e. The average Bonchev–Trinajstić information content (AvgIpc) is 2.61. The van der Waals surface area contributed by atoms with Crippen molar-refractivity contribution in [2.24, 2.45) is 0 Å². The van der Waals surface area contributed by atoms with Crippen LogP contribution in [0.4, 0.5) is 5.69 Å². The first-order valence-electron chi connectivity index (χ1n) is 6.18. The standard InChI is InChI=1S/C14H18ClN3O/c1-8(2)18-14(13(16)10(4)17-18)19-12-6-5-11(15)7-9(12)3/h5-8H,16H2,1-4H3. The third-order valence-corrected chi connectivity index (χ3v) is 3.15. The van der Waals surface area contributed by atoms with Gasteiger partial charge in [0.25, 0.3) is 0 Å². The van der Waals surface area contributed by atoms with E-state index in [9.17, 15) is 0 Å². The number of benzene rings is 1. The van der Waals surface area contributed by atoms with Crippen molar-refractivity contribution in [3.63, 3.8) is 0 Å². The SMILES string of the molecule is Cc1cc(Cl)ccc1Oc1c(N)c(C)nn1C(C)C. The minimum absolute atomic E-state index is 0.179. The molecule has 2 aromatic rings. The quantitative estimate of drug-likeness (QED) is 0.920. The van der Waals surface area contributed by atoms with Gasteiger partial charge in [-0.15, -0.1) is 0 Å². The molecule has 2 rings (SSSR count). The number of nitrogen functional groups attached to an aromatic ring is 1. The van der Waals surface area contributed by atoms with Crippen LogP contribution in [-0.2, 0) is 0 Å². The second kappa shape index (κ2) is 5.13. The molecule has 0 unspecified atom stereocenters. The number of aryl methyl sites for hydroxylation is 2. The molecule has 0 aliphatic rings. The molecule has 0 saturated carbocycles. The molecule has 0 aliphatic carbocycles. The Balaban J connectivity index is 2.43. The molecule has 0 fully saturated rings. The van der Waals surface area contributed by atoms with Crippen LogP contribution in [0.25, 0.3) is 0 Å². The van der Waals surface area contributed by atoms with Crippen molar-refractivity contribution >= 4 is 17.3 Å². The third-order valence-electron chi connectivity index (χ3n) is 2.92. The molecule has 2 N–H and O–H groups in total. The number of nitrogens with two attached hydrogens (primary N) is 1. The molecule has 5 heteroatoms. The summed E-state index contributed by atoms with van der Waals surface area (Å²) in [6, 6.07) is 5.67. The van der Waals surface area contributed by atoms with Gasteiger partial charge in [0.05, 0.1) is 11.7 Å². The number of aromatic nitrogens is 2. The Morgan fingerprint density at radius 1 is 1.32 bits per heavy atom. The van der Waals surface area contributed by atoms with Crippen molar-refractivity contribution in [2.75, 3.05) is 5.73 Å². The molecule has 0 aliphatic heterocycles. The van der Waals surface area contributed by atoms with Crippen molar-refractivity contribution in [2.45, 2.75) is 33.7 Å². The Kier molecular flexibility index (Phi) is 3.71. The van der Waals surface area contributed by atoms with Gasteiger partial charge in [0.2, 0.25) is 5.88 Å². The first-order chi connectivity index (χ1) is 8.90. The third kappa shape index (κ3) is 2.68. The van der Waals surface area contributed by atoms with E-state index in [-0.39, 0.29) is 6.04 Å². The summed E-state index contributed by atoms with van der Waals surface area (Å²) in [4.78, 5) is 0. The number of hydrogen-bond acceptors (Lipinski definition) is 3. The van der Waals surface area contributed by atoms with Gasteiger partial charge in [-0.3, -0.25) is 0 Å². The van der Waals surface area contributed by atoms with E-state index in [1.807, 2.05) is 39.8 Å². The molecule has 0 amide bonds. The molecular weight excluding hydrogens is 262 g/mol. The normalized spacial score (nSPS) is 11.1. The molecule has 1 aromatic carbocycles. The zero-order valence-corrected chi connectivity index (χ0v) is 12.3. The first kappa shape index (κ1) is 13.7. The lowest BCUT2D eigenvalue weighted by atomic mass is 10.2. The number of ether oxygens (including phenoxy) is 1. The average molecular weight is 280 g/mol. The van der Waals surface area contributed by atoms with E-state index >= 15 is 0 Å². The molecule has 1 heterocycles. The Labute approximate surface area is 118 Å². The van der Waals surface area contributed by atoms with Gasteiger partial charge in [-0.25, -0.2) is 4.68 Å². The summed E-state index contributed by atoms with van der Waals surface area (Å²) in [6.45, 7) is 7.89. The van der Waals surface area contributed by atoms with Crippen LogP contribution in [0.15, 0.2) is 18.2 Å². The highest BCUT2D eigenvalue weighted by Gasteiger charge is 2.17. The van der Waals surface area contributed by atoms with Crippen molar-refractivity contribution in [1.82, 2.24) is 9.78 Å². The maximum atomic E-state index is 6.03. The van der Waals surface area contributed by atoms with E-state index in [0.717, 1.165) is 17.0 Å². The lowest BCUT2D eigenvalue weighted by Gasteiger charge is -2.13. The highest BCUT2D eigenvalue weighted by molar-refractivity contribution is 6.30.